The van der Waals surface area contributed by atoms with Crippen LogP contribution in [-0.4, -0.2) is 48.9 Å². The van der Waals surface area contributed by atoms with Crippen LogP contribution in [0.4, 0.5) is 11.6 Å². The summed E-state index contributed by atoms with van der Waals surface area (Å²) >= 11 is 6.43. The largest absolute Gasteiger partial charge is 0.465 e. The molecule has 2 aromatic carbocycles. The number of aromatic nitrogens is 2. The van der Waals surface area contributed by atoms with E-state index in [1.807, 2.05) is 30.0 Å². The molecule has 168 valence electrons. The van der Waals surface area contributed by atoms with Crippen LogP contribution in [0.3, 0.4) is 0 Å². The molecule has 8 nitrogen and oxygen atoms in total. The molecule has 0 aliphatic carbocycles. The van der Waals surface area contributed by atoms with E-state index in [0.29, 0.717) is 59.4 Å². The number of anilines is 2. The van der Waals surface area contributed by atoms with Crippen LogP contribution < -0.4 is 15.8 Å². The summed E-state index contributed by atoms with van der Waals surface area (Å²) in [5.41, 5.74) is 2.20. The Hall–Kier alpha value is -3.10. The van der Waals surface area contributed by atoms with Crippen LogP contribution in [-0.2, 0) is 16.5 Å². The van der Waals surface area contributed by atoms with Gasteiger partial charge in [-0.15, -0.1) is 0 Å². The molecule has 1 atom stereocenters. The van der Waals surface area contributed by atoms with Crippen molar-refractivity contribution in [1.82, 2.24) is 9.55 Å². The third-order valence-corrected chi connectivity index (χ3v) is 5.97. The van der Waals surface area contributed by atoms with Crippen molar-refractivity contribution in [3.05, 3.63) is 62.9 Å². The predicted octanol–water partition coefficient (Wildman–Crippen LogP) is 3.38. The molecule has 0 spiro atoms. The first-order valence-electron chi connectivity index (χ1n) is 10.4. The summed E-state index contributed by atoms with van der Waals surface area (Å²) in [6, 6.07) is 10.4. The Kier molecular flexibility index (Phi) is 6.34. The van der Waals surface area contributed by atoms with Crippen molar-refractivity contribution >= 4 is 40.1 Å². The van der Waals surface area contributed by atoms with Crippen molar-refractivity contribution in [2.45, 2.75) is 13.0 Å². The Morgan fingerprint density at radius 3 is 2.66 bits per heavy atom. The average Bonchev–Trinajstić information content (AvgIpc) is 2.81. The number of para-hydroxylation sites is 1. The third-order valence-electron chi connectivity index (χ3n) is 5.65. The van der Waals surface area contributed by atoms with Gasteiger partial charge in [0.25, 0.3) is 5.56 Å². The molecule has 0 radical (unpaired) electrons. The second-order valence-electron chi connectivity index (χ2n) is 7.64. The summed E-state index contributed by atoms with van der Waals surface area (Å²) in [5.74, 6) is 0.152. The van der Waals surface area contributed by atoms with Gasteiger partial charge in [-0.2, -0.15) is 0 Å². The molecule has 3 aromatic rings. The van der Waals surface area contributed by atoms with Crippen LogP contribution in [0.2, 0.25) is 5.02 Å². The molecule has 0 amide bonds. The molecular formula is C23H25ClN4O4. The minimum atomic E-state index is -0.428. The van der Waals surface area contributed by atoms with E-state index in [0.717, 1.165) is 5.56 Å². The molecule has 1 N–H and O–H groups in total. The van der Waals surface area contributed by atoms with Gasteiger partial charge in [-0.3, -0.25) is 9.36 Å². The zero-order chi connectivity index (χ0) is 22.8. The molecule has 1 aliphatic rings. The smallest absolute Gasteiger partial charge is 0.339 e. The fourth-order valence-electron chi connectivity index (χ4n) is 3.94. The number of nitrogens with one attached hydrogen (secondary N) is 1. The fraction of sp³-hybridized carbons (Fsp3) is 0.348. The van der Waals surface area contributed by atoms with E-state index < -0.39 is 5.97 Å². The van der Waals surface area contributed by atoms with Crippen LogP contribution in [0, 0.1) is 0 Å². The van der Waals surface area contributed by atoms with Gasteiger partial charge in [-0.05, 0) is 25.1 Å². The SMILES string of the molecule is COC(=O)c1ccccc1NC(C)c1ccc(Cl)c2c(=O)n(C)c(N3CCOCC3)nc12. The van der Waals surface area contributed by atoms with Crippen LogP contribution in [0.5, 0.6) is 0 Å². The monoisotopic (exact) mass is 456 g/mol. The summed E-state index contributed by atoms with van der Waals surface area (Å²) < 4.78 is 11.9. The topological polar surface area (TPSA) is 85.7 Å². The number of carbonyl (C=O) groups is 1. The number of halogens is 1. The van der Waals surface area contributed by atoms with Crippen LogP contribution >= 0.6 is 11.6 Å². The third kappa shape index (κ3) is 4.03. The highest BCUT2D eigenvalue weighted by atomic mass is 35.5. The van der Waals surface area contributed by atoms with Crippen LogP contribution in [0.15, 0.2) is 41.2 Å². The van der Waals surface area contributed by atoms with Gasteiger partial charge in [0.1, 0.15) is 0 Å². The second-order valence-corrected chi connectivity index (χ2v) is 8.05. The highest BCUT2D eigenvalue weighted by molar-refractivity contribution is 6.35. The Morgan fingerprint density at radius 1 is 1.22 bits per heavy atom. The molecule has 4 rings (SSSR count). The van der Waals surface area contributed by atoms with Crippen molar-refractivity contribution in [1.29, 1.82) is 0 Å². The van der Waals surface area contributed by atoms with Crippen molar-refractivity contribution < 1.29 is 14.3 Å². The van der Waals surface area contributed by atoms with Gasteiger partial charge in [0.2, 0.25) is 5.95 Å². The zero-order valence-corrected chi connectivity index (χ0v) is 19.0. The number of methoxy groups -OCH3 is 1. The maximum atomic E-state index is 13.2. The van der Waals surface area contributed by atoms with E-state index in [4.69, 9.17) is 26.1 Å². The molecule has 0 bridgehead atoms. The number of carbonyl (C=O) groups excluding carboxylic acids is 1. The summed E-state index contributed by atoms with van der Waals surface area (Å²) in [6.07, 6.45) is 0. The summed E-state index contributed by atoms with van der Waals surface area (Å²) in [7, 11) is 3.05. The Balaban J connectivity index is 1.81. The van der Waals surface area contributed by atoms with Gasteiger partial charge in [-0.25, -0.2) is 9.78 Å². The number of ether oxygens (including phenoxy) is 2. The Morgan fingerprint density at radius 2 is 1.94 bits per heavy atom. The number of nitrogens with zero attached hydrogens (tertiary/aromatic N) is 3. The molecule has 32 heavy (non-hydrogen) atoms. The van der Waals surface area contributed by atoms with Crippen molar-refractivity contribution in [3.8, 4) is 0 Å². The van der Waals surface area contributed by atoms with Gasteiger partial charge in [-0.1, -0.05) is 29.8 Å². The first-order chi connectivity index (χ1) is 15.4. The Bertz CT molecular complexity index is 1220. The second kappa shape index (κ2) is 9.18. The molecule has 1 fully saturated rings. The molecule has 0 saturated carbocycles. The minimum absolute atomic E-state index is 0.203. The lowest BCUT2D eigenvalue weighted by atomic mass is 10.0. The standard InChI is InChI=1S/C23H25ClN4O4/c1-14(25-18-7-5-4-6-16(18)22(30)31-3)15-8-9-17(24)19-20(15)26-23(27(2)21(19)29)28-10-12-32-13-11-28/h4-9,14,25H,10-13H2,1-3H3. The van der Waals surface area contributed by atoms with Gasteiger partial charge in [0.15, 0.2) is 0 Å². The number of benzene rings is 2. The van der Waals surface area contributed by atoms with Crippen molar-refractivity contribution in [3.63, 3.8) is 0 Å². The van der Waals surface area contributed by atoms with E-state index in [1.54, 1.807) is 25.2 Å². The minimum Gasteiger partial charge on any atom is -0.465 e. The maximum Gasteiger partial charge on any atom is 0.339 e. The zero-order valence-electron chi connectivity index (χ0n) is 18.2. The number of hydrogen-bond donors (Lipinski definition) is 1. The van der Waals surface area contributed by atoms with Crippen LogP contribution in [0.25, 0.3) is 10.9 Å². The van der Waals surface area contributed by atoms with E-state index in [-0.39, 0.29) is 11.6 Å². The summed E-state index contributed by atoms with van der Waals surface area (Å²) in [5, 5.41) is 4.09. The summed E-state index contributed by atoms with van der Waals surface area (Å²) in [4.78, 5) is 32.3. The van der Waals surface area contributed by atoms with Crippen LogP contribution in [0.1, 0.15) is 28.9 Å². The first kappa shape index (κ1) is 22.1. The average molecular weight is 457 g/mol. The number of fused-ring (bicyclic) bond motifs is 1. The van der Waals surface area contributed by atoms with Gasteiger partial charge < -0.3 is 19.7 Å². The molecule has 1 saturated heterocycles. The maximum absolute atomic E-state index is 13.2. The molecule has 9 heteroatoms. The number of esters is 1. The van der Waals surface area contributed by atoms with E-state index in [9.17, 15) is 9.59 Å². The van der Waals surface area contributed by atoms with Gasteiger partial charge in [0.05, 0.1) is 47.9 Å². The molecule has 1 aromatic heterocycles. The number of hydrogen-bond acceptors (Lipinski definition) is 7. The highest BCUT2D eigenvalue weighted by Crippen LogP contribution is 2.31. The Labute approximate surface area is 190 Å². The summed E-state index contributed by atoms with van der Waals surface area (Å²) in [6.45, 7) is 4.42. The number of rotatable bonds is 5. The number of morpholine rings is 1. The quantitative estimate of drug-likeness (QED) is 0.589. The molecule has 1 aliphatic heterocycles. The molecule has 1 unspecified atom stereocenters. The van der Waals surface area contributed by atoms with E-state index in [2.05, 4.69) is 5.32 Å². The lowest BCUT2D eigenvalue weighted by Crippen LogP contribution is -2.40. The van der Waals surface area contributed by atoms with Crippen molar-refractivity contribution in [2.24, 2.45) is 7.05 Å². The lowest BCUT2D eigenvalue weighted by molar-refractivity contribution is 0.0602. The van der Waals surface area contributed by atoms with E-state index >= 15 is 0 Å². The van der Waals surface area contributed by atoms with Gasteiger partial charge >= 0.3 is 5.97 Å². The van der Waals surface area contributed by atoms with E-state index in [1.165, 1.54) is 11.7 Å². The highest BCUT2D eigenvalue weighted by Gasteiger charge is 2.22. The normalized spacial score (nSPS) is 14.9. The van der Waals surface area contributed by atoms with Gasteiger partial charge in [0, 0.05) is 31.4 Å². The lowest BCUT2D eigenvalue weighted by Gasteiger charge is -2.29. The fourth-order valence-corrected chi connectivity index (χ4v) is 4.18. The van der Waals surface area contributed by atoms with Crippen molar-refractivity contribution in [2.75, 3.05) is 43.6 Å². The predicted molar refractivity (Wildman–Crippen MR) is 125 cm³/mol. The molecular weight excluding hydrogens is 432 g/mol. The molecule has 2 heterocycles. The first-order valence-corrected chi connectivity index (χ1v) is 10.8.